The first kappa shape index (κ1) is 23.0. The molecule has 3 rings (SSSR count). The summed E-state index contributed by atoms with van der Waals surface area (Å²) >= 11 is 0. The maximum absolute atomic E-state index is 11.8. The molecule has 8 nitrogen and oxygen atoms in total. The highest BCUT2D eigenvalue weighted by Crippen LogP contribution is 2.09. The first-order valence-electron chi connectivity index (χ1n) is 9.67. The molecule has 1 N–H and O–H groups in total. The molecule has 0 saturated carbocycles. The maximum atomic E-state index is 11.8. The molecule has 1 aromatic heterocycles. The number of nitrogens with zero attached hydrogens (tertiary/aromatic N) is 5. The van der Waals surface area contributed by atoms with Crippen LogP contribution in [0.2, 0.25) is 0 Å². The summed E-state index contributed by atoms with van der Waals surface area (Å²) in [6.45, 7) is 5.82. The fourth-order valence-electron chi connectivity index (χ4n) is 3.20. The molecule has 0 unspecified atom stereocenters. The molecule has 0 aliphatic carbocycles. The smallest absolute Gasteiger partial charge is 0.409 e. The van der Waals surface area contributed by atoms with Crippen molar-refractivity contribution in [3.8, 4) is 5.69 Å². The lowest BCUT2D eigenvalue weighted by atomic mass is 10.1. The van der Waals surface area contributed by atoms with Crippen molar-refractivity contribution in [2.24, 2.45) is 4.99 Å². The van der Waals surface area contributed by atoms with Gasteiger partial charge in [-0.25, -0.2) is 9.48 Å². The standard InChI is InChI=1S/C20H28N6O2.HI/c1-3-28-20(27)25-15-13-24(14-16-25)19(21-2)22-11-9-17-5-7-18(8-6-17)26-12-4-10-23-26;/h4-8,10,12H,3,9,11,13-16H2,1-2H3,(H,21,22);1H. The van der Waals surface area contributed by atoms with Crippen molar-refractivity contribution in [1.82, 2.24) is 24.9 Å². The number of guanidine groups is 1. The lowest BCUT2D eigenvalue weighted by molar-refractivity contribution is 0.0915. The number of hydrogen-bond donors (Lipinski definition) is 1. The van der Waals surface area contributed by atoms with Crippen LogP contribution < -0.4 is 5.32 Å². The van der Waals surface area contributed by atoms with Crippen molar-refractivity contribution < 1.29 is 9.53 Å². The number of halogens is 1. The van der Waals surface area contributed by atoms with Crippen molar-refractivity contribution in [1.29, 1.82) is 0 Å². The second-order valence-electron chi connectivity index (χ2n) is 6.51. The van der Waals surface area contributed by atoms with Crippen LogP contribution in [0.1, 0.15) is 12.5 Å². The topological polar surface area (TPSA) is 75.0 Å². The van der Waals surface area contributed by atoms with Crippen LogP contribution >= 0.6 is 24.0 Å². The summed E-state index contributed by atoms with van der Waals surface area (Å²) in [5.74, 6) is 0.872. The van der Waals surface area contributed by atoms with E-state index < -0.39 is 0 Å². The van der Waals surface area contributed by atoms with Crippen molar-refractivity contribution in [3.63, 3.8) is 0 Å². The van der Waals surface area contributed by atoms with E-state index in [2.05, 4.69) is 44.6 Å². The number of hydrogen-bond acceptors (Lipinski definition) is 4. The van der Waals surface area contributed by atoms with Crippen LogP contribution in [0, 0.1) is 0 Å². The highest BCUT2D eigenvalue weighted by Gasteiger charge is 2.23. The highest BCUT2D eigenvalue weighted by molar-refractivity contribution is 14.0. The quantitative estimate of drug-likeness (QED) is 0.379. The lowest BCUT2D eigenvalue weighted by Gasteiger charge is -2.35. The van der Waals surface area contributed by atoms with Crippen molar-refractivity contribution in [2.75, 3.05) is 46.4 Å². The molecule has 1 aliphatic rings. The highest BCUT2D eigenvalue weighted by atomic mass is 127. The molecule has 0 atom stereocenters. The van der Waals surface area contributed by atoms with Crippen LogP contribution in [-0.4, -0.2) is 78.0 Å². The Hall–Kier alpha value is -2.30. The summed E-state index contributed by atoms with van der Waals surface area (Å²) in [6, 6.07) is 10.3. The van der Waals surface area contributed by atoms with Gasteiger partial charge in [-0.2, -0.15) is 5.10 Å². The minimum Gasteiger partial charge on any atom is -0.450 e. The minimum atomic E-state index is -0.233. The number of rotatable bonds is 5. The summed E-state index contributed by atoms with van der Waals surface area (Å²) in [5.41, 5.74) is 2.31. The van der Waals surface area contributed by atoms with E-state index >= 15 is 0 Å². The van der Waals surface area contributed by atoms with Crippen LogP contribution in [0.15, 0.2) is 47.7 Å². The average Bonchev–Trinajstić information content (AvgIpc) is 3.27. The Morgan fingerprint density at radius 3 is 2.45 bits per heavy atom. The Balaban J connectivity index is 0.00000300. The van der Waals surface area contributed by atoms with Gasteiger partial charge in [-0.1, -0.05) is 12.1 Å². The van der Waals surface area contributed by atoms with Gasteiger partial charge in [0.15, 0.2) is 5.96 Å². The molecule has 0 bridgehead atoms. The summed E-state index contributed by atoms with van der Waals surface area (Å²) < 4.78 is 6.91. The van der Waals surface area contributed by atoms with E-state index in [4.69, 9.17) is 4.74 Å². The predicted octanol–water partition coefficient (Wildman–Crippen LogP) is 2.38. The Labute approximate surface area is 188 Å². The molecule has 1 saturated heterocycles. The van der Waals surface area contributed by atoms with Gasteiger partial charge < -0.3 is 19.9 Å². The van der Waals surface area contributed by atoms with Crippen molar-refractivity contribution >= 4 is 36.0 Å². The predicted molar refractivity (Wildman–Crippen MR) is 124 cm³/mol. The van der Waals surface area contributed by atoms with E-state index in [0.717, 1.165) is 37.7 Å². The van der Waals surface area contributed by atoms with Gasteiger partial charge in [-0.15, -0.1) is 24.0 Å². The van der Waals surface area contributed by atoms with Crippen LogP contribution in [0.5, 0.6) is 0 Å². The number of nitrogens with one attached hydrogen (secondary N) is 1. The first-order valence-corrected chi connectivity index (χ1v) is 9.67. The fourth-order valence-corrected chi connectivity index (χ4v) is 3.20. The number of carbonyl (C=O) groups excluding carboxylic acids is 1. The third-order valence-electron chi connectivity index (χ3n) is 4.72. The molecule has 0 spiro atoms. The number of carbonyl (C=O) groups is 1. The molecule has 29 heavy (non-hydrogen) atoms. The van der Waals surface area contributed by atoms with Crippen molar-refractivity contribution in [3.05, 3.63) is 48.3 Å². The summed E-state index contributed by atoms with van der Waals surface area (Å²) in [4.78, 5) is 20.1. The van der Waals surface area contributed by atoms with E-state index in [1.54, 1.807) is 18.1 Å². The third kappa shape index (κ3) is 6.34. The van der Waals surface area contributed by atoms with Gasteiger partial charge in [-0.05, 0) is 37.1 Å². The fraction of sp³-hybridized carbons (Fsp3) is 0.450. The normalized spacial score (nSPS) is 14.3. The number of benzene rings is 1. The van der Waals surface area contributed by atoms with Crippen LogP contribution in [0.4, 0.5) is 4.79 Å². The van der Waals surface area contributed by atoms with Gasteiger partial charge in [-0.3, -0.25) is 4.99 Å². The van der Waals surface area contributed by atoms with E-state index in [1.165, 1.54) is 5.56 Å². The Morgan fingerprint density at radius 2 is 1.86 bits per heavy atom. The number of aromatic nitrogens is 2. The maximum Gasteiger partial charge on any atom is 0.409 e. The van der Waals surface area contributed by atoms with Gasteiger partial charge in [0.1, 0.15) is 0 Å². The molecule has 2 aromatic rings. The number of amides is 1. The molecule has 1 amide bonds. The molecule has 1 fully saturated rings. The monoisotopic (exact) mass is 512 g/mol. The minimum absolute atomic E-state index is 0. The SMILES string of the molecule is CCOC(=O)N1CCN(C(=NC)NCCc2ccc(-n3cccn3)cc2)CC1.I. The zero-order valence-corrected chi connectivity index (χ0v) is 19.3. The van der Waals surface area contributed by atoms with Gasteiger partial charge in [0, 0.05) is 52.2 Å². The molecule has 1 aromatic carbocycles. The average molecular weight is 512 g/mol. The van der Waals surface area contributed by atoms with Crippen LogP contribution in [0.3, 0.4) is 0 Å². The lowest BCUT2D eigenvalue weighted by Crippen LogP contribution is -2.54. The summed E-state index contributed by atoms with van der Waals surface area (Å²) in [6.07, 6.45) is 4.38. The molecule has 1 aliphatic heterocycles. The zero-order chi connectivity index (χ0) is 19.8. The largest absolute Gasteiger partial charge is 0.450 e. The van der Waals surface area contributed by atoms with E-state index in [-0.39, 0.29) is 30.1 Å². The Kier molecular flexibility index (Phi) is 9.23. The third-order valence-corrected chi connectivity index (χ3v) is 4.72. The Morgan fingerprint density at radius 1 is 1.17 bits per heavy atom. The molecular formula is C20H29IN6O2. The number of ether oxygens (including phenoxy) is 1. The second-order valence-corrected chi connectivity index (χ2v) is 6.51. The molecule has 9 heteroatoms. The van der Waals surface area contributed by atoms with Gasteiger partial charge in [0.05, 0.1) is 12.3 Å². The van der Waals surface area contributed by atoms with Crippen molar-refractivity contribution in [2.45, 2.75) is 13.3 Å². The second kappa shape index (κ2) is 11.6. The molecule has 0 radical (unpaired) electrons. The van der Waals surface area contributed by atoms with Gasteiger partial charge >= 0.3 is 6.09 Å². The molecule has 158 valence electrons. The van der Waals surface area contributed by atoms with E-state index in [0.29, 0.717) is 19.7 Å². The van der Waals surface area contributed by atoms with E-state index in [9.17, 15) is 4.79 Å². The molecule has 2 heterocycles. The van der Waals surface area contributed by atoms with Gasteiger partial charge in [0.2, 0.25) is 0 Å². The first-order chi connectivity index (χ1) is 13.7. The summed E-state index contributed by atoms with van der Waals surface area (Å²) in [7, 11) is 1.79. The van der Waals surface area contributed by atoms with Crippen LogP contribution in [-0.2, 0) is 11.2 Å². The zero-order valence-electron chi connectivity index (χ0n) is 17.0. The number of aliphatic imine (C=N–C) groups is 1. The number of piperazine rings is 1. The van der Waals surface area contributed by atoms with Gasteiger partial charge in [0.25, 0.3) is 0 Å². The summed E-state index contributed by atoms with van der Waals surface area (Å²) in [5, 5.41) is 7.66. The molecular weight excluding hydrogens is 483 g/mol. The Bertz CT molecular complexity index is 771. The van der Waals surface area contributed by atoms with E-state index in [1.807, 2.05) is 23.9 Å². The van der Waals surface area contributed by atoms with Crippen LogP contribution in [0.25, 0.3) is 5.69 Å².